The van der Waals surface area contributed by atoms with E-state index in [1.807, 2.05) is 18.2 Å². The van der Waals surface area contributed by atoms with Crippen LogP contribution in [0.1, 0.15) is 6.42 Å². The molecule has 0 spiro atoms. The minimum atomic E-state index is 0.627. The minimum absolute atomic E-state index is 0.627. The lowest BCUT2D eigenvalue weighted by atomic mass is 10.3. The summed E-state index contributed by atoms with van der Waals surface area (Å²) in [6.45, 7) is 2.76. The second kappa shape index (κ2) is 7.05. The number of para-hydroxylation sites is 1. The molecule has 4 nitrogen and oxygen atoms in total. The fraction of sp³-hybridized carbons (Fsp3) is 0.462. The van der Waals surface area contributed by atoms with Crippen LogP contribution < -0.4 is 0 Å². The Bertz CT molecular complexity index is 594. The fourth-order valence-electron chi connectivity index (χ4n) is 1.94. The van der Waals surface area contributed by atoms with Crippen LogP contribution in [-0.4, -0.2) is 36.5 Å². The van der Waals surface area contributed by atoms with E-state index in [1.54, 1.807) is 7.11 Å². The number of aryl methyl sites for hydroxylation is 1. The molecule has 1 aromatic heterocycles. The molecule has 0 fully saturated rings. The van der Waals surface area contributed by atoms with Gasteiger partial charge in [-0.25, -0.2) is 0 Å². The predicted molar refractivity (Wildman–Crippen MR) is 79.4 cm³/mol. The SMILES string of the molecule is COCCOCCCn1c(=S)[nH]c2c(Cl)cccc21. The monoisotopic (exact) mass is 300 g/mol. The number of aromatic nitrogens is 2. The molecule has 2 aromatic rings. The van der Waals surface area contributed by atoms with Crippen molar-refractivity contribution in [1.29, 1.82) is 0 Å². The van der Waals surface area contributed by atoms with E-state index >= 15 is 0 Å². The summed E-state index contributed by atoms with van der Waals surface area (Å²) in [6, 6.07) is 5.80. The van der Waals surface area contributed by atoms with E-state index in [1.165, 1.54) is 0 Å². The Hall–Kier alpha value is -0.880. The van der Waals surface area contributed by atoms with Gasteiger partial charge in [-0.3, -0.25) is 0 Å². The third-order valence-corrected chi connectivity index (χ3v) is 3.50. The van der Waals surface area contributed by atoms with Gasteiger partial charge in [-0.1, -0.05) is 17.7 Å². The number of fused-ring (bicyclic) bond motifs is 1. The number of aromatic amines is 1. The number of methoxy groups -OCH3 is 1. The highest BCUT2D eigenvalue weighted by Crippen LogP contribution is 2.22. The third kappa shape index (κ3) is 3.57. The van der Waals surface area contributed by atoms with Crippen LogP contribution in [0, 0.1) is 4.77 Å². The van der Waals surface area contributed by atoms with Crippen LogP contribution in [-0.2, 0) is 16.0 Å². The van der Waals surface area contributed by atoms with E-state index < -0.39 is 0 Å². The summed E-state index contributed by atoms with van der Waals surface area (Å²) in [6.07, 6.45) is 0.900. The highest BCUT2D eigenvalue weighted by molar-refractivity contribution is 7.71. The molecular weight excluding hydrogens is 284 g/mol. The number of nitrogens with one attached hydrogen (secondary N) is 1. The first-order valence-electron chi connectivity index (χ1n) is 6.17. The summed E-state index contributed by atoms with van der Waals surface area (Å²) < 4.78 is 13.1. The zero-order valence-corrected chi connectivity index (χ0v) is 12.4. The van der Waals surface area contributed by atoms with Crippen molar-refractivity contribution in [2.45, 2.75) is 13.0 Å². The van der Waals surface area contributed by atoms with Crippen molar-refractivity contribution < 1.29 is 9.47 Å². The molecule has 0 amide bonds. The number of H-pyrrole nitrogens is 1. The Balaban J connectivity index is 1.99. The highest BCUT2D eigenvalue weighted by atomic mass is 35.5. The highest BCUT2D eigenvalue weighted by Gasteiger charge is 2.06. The average molecular weight is 301 g/mol. The van der Waals surface area contributed by atoms with Crippen LogP contribution in [0.25, 0.3) is 11.0 Å². The van der Waals surface area contributed by atoms with Crippen LogP contribution in [0.3, 0.4) is 0 Å². The predicted octanol–water partition coefficient (Wildman–Crippen LogP) is 3.41. The fourth-order valence-corrected chi connectivity index (χ4v) is 2.44. The van der Waals surface area contributed by atoms with Crippen molar-refractivity contribution in [2.75, 3.05) is 26.9 Å². The molecule has 0 bridgehead atoms. The summed E-state index contributed by atoms with van der Waals surface area (Å²) in [5, 5.41) is 0.693. The summed E-state index contributed by atoms with van der Waals surface area (Å²) in [5.41, 5.74) is 1.93. The van der Waals surface area contributed by atoms with E-state index in [-0.39, 0.29) is 0 Å². The third-order valence-electron chi connectivity index (χ3n) is 2.86. The minimum Gasteiger partial charge on any atom is -0.382 e. The summed E-state index contributed by atoms with van der Waals surface area (Å²) in [4.78, 5) is 3.14. The van der Waals surface area contributed by atoms with E-state index in [4.69, 9.17) is 33.3 Å². The van der Waals surface area contributed by atoms with Crippen LogP contribution in [0.4, 0.5) is 0 Å². The maximum absolute atomic E-state index is 6.13. The van der Waals surface area contributed by atoms with E-state index in [2.05, 4.69) is 9.55 Å². The summed E-state index contributed by atoms with van der Waals surface area (Å²) in [5.74, 6) is 0. The van der Waals surface area contributed by atoms with Crippen molar-refractivity contribution in [3.8, 4) is 0 Å². The average Bonchev–Trinajstić information content (AvgIpc) is 2.72. The van der Waals surface area contributed by atoms with Gasteiger partial charge in [0, 0.05) is 20.3 Å². The number of ether oxygens (including phenoxy) is 2. The normalized spacial score (nSPS) is 11.3. The topological polar surface area (TPSA) is 39.2 Å². The number of nitrogens with zero attached hydrogens (tertiary/aromatic N) is 1. The standard InChI is InChI=1S/C13H17ClN2O2S/c1-17-8-9-18-7-3-6-16-11-5-2-4-10(14)12(11)15-13(16)19/h2,4-5H,3,6-9H2,1H3,(H,15,19). The molecule has 0 aliphatic heterocycles. The first-order valence-corrected chi connectivity index (χ1v) is 6.96. The van der Waals surface area contributed by atoms with E-state index in [0.717, 1.165) is 24.0 Å². The van der Waals surface area contributed by atoms with Gasteiger partial charge >= 0.3 is 0 Å². The van der Waals surface area contributed by atoms with Gasteiger partial charge in [0.2, 0.25) is 0 Å². The number of hydrogen-bond donors (Lipinski definition) is 1. The number of rotatable bonds is 7. The molecule has 0 atom stereocenters. The molecule has 1 aromatic carbocycles. The van der Waals surface area contributed by atoms with Gasteiger partial charge in [0.15, 0.2) is 4.77 Å². The maximum atomic E-state index is 6.13. The number of imidazole rings is 1. The second-order valence-electron chi connectivity index (χ2n) is 4.17. The van der Waals surface area contributed by atoms with Gasteiger partial charge in [-0.05, 0) is 30.8 Å². The molecule has 0 saturated heterocycles. The smallest absolute Gasteiger partial charge is 0.178 e. The van der Waals surface area contributed by atoms with Gasteiger partial charge in [0.05, 0.1) is 29.3 Å². The molecule has 2 rings (SSSR count). The molecule has 0 saturated carbocycles. The largest absolute Gasteiger partial charge is 0.382 e. The van der Waals surface area contributed by atoms with Crippen molar-refractivity contribution >= 4 is 34.9 Å². The quantitative estimate of drug-likeness (QED) is 0.629. The zero-order valence-electron chi connectivity index (χ0n) is 10.8. The lowest BCUT2D eigenvalue weighted by Crippen LogP contribution is -2.06. The van der Waals surface area contributed by atoms with E-state index in [9.17, 15) is 0 Å². The number of halogens is 1. The Morgan fingerprint density at radius 1 is 1.32 bits per heavy atom. The number of benzene rings is 1. The molecular formula is C13H17ClN2O2S. The molecule has 0 unspecified atom stereocenters. The van der Waals surface area contributed by atoms with Gasteiger partial charge in [0.1, 0.15) is 0 Å². The number of hydrogen-bond acceptors (Lipinski definition) is 3. The molecule has 104 valence electrons. The maximum Gasteiger partial charge on any atom is 0.178 e. The van der Waals surface area contributed by atoms with Gasteiger partial charge in [0.25, 0.3) is 0 Å². The first-order chi connectivity index (χ1) is 9.24. The summed E-state index contributed by atoms with van der Waals surface area (Å²) >= 11 is 11.5. The lowest BCUT2D eigenvalue weighted by Gasteiger charge is -2.06. The molecule has 0 radical (unpaired) electrons. The van der Waals surface area contributed by atoms with Crippen molar-refractivity contribution in [3.63, 3.8) is 0 Å². The molecule has 6 heteroatoms. The Morgan fingerprint density at radius 3 is 2.95 bits per heavy atom. The Labute approximate surface area is 122 Å². The molecule has 0 aliphatic rings. The first kappa shape index (κ1) is 14.5. The lowest BCUT2D eigenvalue weighted by molar-refractivity contribution is 0.0681. The van der Waals surface area contributed by atoms with Gasteiger partial charge in [-0.2, -0.15) is 0 Å². The summed E-state index contributed by atoms with van der Waals surface area (Å²) in [7, 11) is 1.67. The Morgan fingerprint density at radius 2 is 2.16 bits per heavy atom. The van der Waals surface area contributed by atoms with Gasteiger partial charge in [-0.15, -0.1) is 0 Å². The second-order valence-corrected chi connectivity index (χ2v) is 4.97. The van der Waals surface area contributed by atoms with Gasteiger partial charge < -0.3 is 19.0 Å². The van der Waals surface area contributed by atoms with Crippen LogP contribution >= 0.6 is 23.8 Å². The molecule has 19 heavy (non-hydrogen) atoms. The van der Waals surface area contributed by atoms with E-state index in [0.29, 0.717) is 29.6 Å². The van der Waals surface area contributed by atoms with Crippen molar-refractivity contribution in [1.82, 2.24) is 9.55 Å². The zero-order chi connectivity index (χ0) is 13.7. The molecule has 0 aliphatic carbocycles. The van der Waals surface area contributed by atoms with Crippen molar-refractivity contribution in [2.24, 2.45) is 0 Å². The van der Waals surface area contributed by atoms with Crippen molar-refractivity contribution in [3.05, 3.63) is 28.0 Å². The van der Waals surface area contributed by atoms with Crippen LogP contribution in [0.5, 0.6) is 0 Å². The van der Waals surface area contributed by atoms with Crippen LogP contribution in [0.15, 0.2) is 18.2 Å². The molecule has 1 N–H and O–H groups in total. The van der Waals surface area contributed by atoms with Crippen LogP contribution in [0.2, 0.25) is 5.02 Å². The molecule has 1 heterocycles. The Kier molecular flexibility index (Phi) is 5.39.